The van der Waals surface area contributed by atoms with Gasteiger partial charge in [-0.05, 0) is 72.8 Å². The maximum Gasteiger partial charge on any atom is 0.272 e. The standard InChI is InChI=1S/C31H24ClFN4O4S/c32-25-10-5-11-26(33)24(25)17-27(37-30(40)20-6-2-1-3-7-20)31(41)36-22-8-4-9-23(16-22)42-18-28(38)35-21-14-12-19(13-15-21)29(34)39/h1-17H,18H2,(H2,34,39)(H,35,38)(H,36,41)(H,37,40)/b27-17+. The van der Waals surface area contributed by atoms with Gasteiger partial charge in [0.1, 0.15) is 11.5 Å². The number of anilines is 2. The first kappa shape index (κ1) is 30.0. The number of carbonyl (C=O) groups is 4. The number of benzene rings is 4. The Hall–Kier alpha value is -4.93. The molecule has 8 nitrogen and oxygen atoms in total. The SMILES string of the molecule is NC(=O)c1ccc(NC(=O)CSc2cccc(NC(=O)/C(=C\c3c(F)cccc3Cl)NC(=O)c3ccccc3)c2)cc1. The summed E-state index contributed by atoms with van der Waals surface area (Å²) in [5.74, 6) is -2.72. The van der Waals surface area contributed by atoms with E-state index in [-0.39, 0.29) is 27.9 Å². The third kappa shape index (κ3) is 8.29. The van der Waals surface area contributed by atoms with Crippen LogP contribution in [-0.4, -0.2) is 29.4 Å². The third-order valence-electron chi connectivity index (χ3n) is 5.73. The van der Waals surface area contributed by atoms with E-state index in [2.05, 4.69) is 16.0 Å². The van der Waals surface area contributed by atoms with E-state index in [0.29, 0.717) is 27.4 Å². The molecule has 0 aliphatic heterocycles. The Kier molecular flexibility index (Phi) is 10.1. The van der Waals surface area contributed by atoms with Crippen LogP contribution in [0.2, 0.25) is 5.02 Å². The number of rotatable bonds is 10. The average molecular weight is 603 g/mol. The monoisotopic (exact) mass is 602 g/mol. The van der Waals surface area contributed by atoms with Crippen LogP contribution in [-0.2, 0) is 9.59 Å². The number of nitrogens with one attached hydrogen (secondary N) is 3. The molecule has 0 unspecified atom stereocenters. The maximum absolute atomic E-state index is 14.5. The quantitative estimate of drug-likeness (QED) is 0.136. The van der Waals surface area contributed by atoms with Crippen molar-refractivity contribution < 1.29 is 23.6 Å². The molecule has 0 aromatic heterocycles. The van der Waals surface area contributed by atoms with Gasteiger partial charge in [-0.3, -0.25) is 19.2 Å². The number of primary amides is 1. The molecule has 212 valence electrons. The van der Waals surface area contributed by atoms with E-state index in [1.54, 1.807) is 66.7 Å². The summed E-state index contributed by atoms with van der Waals surface area (Å²) in [6.07, 6.45) is 1.17. The van der Waals surface area contributed by atoms with E-state index in [9.17, 15) is 23.6 Å². The Morgan fingerprint density at radius 1 is 0.810 bits per heavy atom. The van der Waals surface area contributed by atoms with Crippen LogP contribution in [0.4, 0.5) is 15.8 Å². The van der Waals surface area contributed by atoms with Gasteiger partial charge in [0.05, 0.1) is 10.8 Å². The zero-order valence-electron chi connectivity index (χ0n) is 21.9. The zero-order valence-corrected chi connectivity index (χ0v) is 23.5. The van der Waals surface area contributed by atoms with E-state index >= 15 is 0 Å². The lowest BCUT2D eigenvalue weighted by atomic mass is 10.1. The Labute approximate surface area is 250 Å². The minimum absolute atomic E-state index is 0.0581. The van der Waals surface area contributed by atoms with Gasteiger partial charge in [0.25, 0.3) is 11.8 Å². The van der Waals surface area contributed by atoms with Gasteiger partial charge in [0.15, 0.2) is 0 Å². The Balaban J connectivity index is 1.46. The molecule has 4 aromatic carbocycles. The number of hydrogen-bond donors (Lipinski definition) is 4. The molecule has 0 aliphatic rings. The highest BCUT2D eigenvalue weighted by Gasteiger charge is 2.17. The number of nitrogens with two attached hydrogens (primary N) is 1. The van der Waals surface area contributed by atoms with Crippen LogP contribution in [0.15, 0.2) is 108 Å². The number of hydrogen-bond acceptors (Lipinski definition) is 5. The smallest absolute Gasteiger partial charge is 0.272 e. The summed E-state index contributed by atoms with van der Waals surface area (Å²) in [6, 6.07) is 25.3. The minimum atomic E-state index is -0.710. The van der Waals surface area contributed by atoms with Crippen molar-refractivity contribution in [1.82, 2.24) is 5.32 Å². The van der Waals surface area contributed by atoms with Crippen molar-refractivity contribution in [1.29, 1.82) is 0 Å². The normalized spacial score (nSPS) is 11.0. The molecule has 4 rings (SSSR count). The first-order valence-corrected chi connectivity index (χ1v) is 13.8. The largest absolute Gasteiger partial charge is 0.366 e. The van der Waals surface area contributed by atoms with E-state index in [4.69, 9.17) is 17.3 Å². The average Bonchev–Trinajstić information content (AvgIpc) is 2.98. The van der Waals surface area contributed by atoms with Crippen molar-refractivity contribution in [3.63, 3.8) is 0 Å². The lowest BCUT2D eigenvalue weighted by Gasteiger charge is -2.13. The molecule has 5 N–H and O–H groups in total. The molecule has 0 atom stereocenters. The molecule has 42 heavy (non-hydrogen) atoms. The molecule has 0 radical (unpaired) electrons. The van der Waals surface area contributed by atoms with Crippen molar-refractivity contribution in [3.8, 4) is 0 Å². The zero-order chi connectivity index (χ0) is 30.1. The molecule has 0 heterocycles. The fourth-order valence-electron chi connectivity index (χ4n) is 3.66. The van der Waals surface area contributed by atoms with Crippen molar-refractivity contribution in [2.75, 3.05) is 16.4 Å². The minimum Gasteiger partial charge on any atom is -0.366 e. The molecular weight excluding hydrogens is 579 g/mol. The summed E-state index contributed by atoms with van der Waals surface area (Å²) in [5.41, 5.74) is 6.47. The van der Waals surface area contributed by atoms with Crippen LogP contribution >= 0.6 is 23.4 Å². The lowest BCUT2D eigenvalue weighted by Crippen LogP contribution is -2.30. The van der Waals surface area contributed by atoms with Crippen LogP contribution in [0, 0.1) is 5.82 Å². The second-order valence-corrected chi connectivity index (χ2v) is 10.2. The van der Waals surface area contributed by atoms with Gasteiger partial charge in [-0.2, -0.15) is 0 Å². The van der Waals surface area contributed by atoms with Crippen LogP contribution in [0.1, 0.15) is 26.3 Å². The predicted molar refractivity (Wildman–Crippen MR) is 163 cm³/mol. The highest BCUT2D eigenvalue weighted by Crippen LogP contribution is 2.24. The molecule has 4 aromatic rings. The fraction of sp³-hybridized carbons (Fsp3) is 0.0323. The van der Waals surface area contributed by atoms with E-state index in [1.807, 2.05) is 0 Å². The van der Waals surface area contributed by atoms with Crippen LogP contribution in [0.25, 0.3) is 6.08 Å². The third-order valence-corrected chi connectivity index (χ3v) is 7.06. The van der Waals surface area contributed by atoms with Gasteiger partial charge in [-0.1, -0.05) is 41.9 Å². The molecule has 0 aliphatic carbocycles. The molecular formula is C31H24ClFN4O4S. The van der Waals surface area contributed by atoms with Crippen molar-refractivity contribution in [3.05, 3.63) is 130 Å². The number of thioether (sulfide) groups is 1. The van der Waals surface area contributed by atoms with Crippen LogP contribution < -0.4 is 21.7 Å². The summed E-state index contributed by atoms with van der Waals surface area (Å²) in [4.78, 5) is 50.4. The van der Waals surface area contributed by atoms with Crippen molar-refractivity contribution in [2.45, 2.75) is 4.90 Å². The highest BCUT2D eigenvalue weighted by atomic mass is 35.5. The van der Waals surface area contributed by atoms with Gasteiger partial charge in [-0.15, -0.1) is 11.8 Å². The van der Waals surface area contributed by atoms with Gasteiger partial charge in [0, 0.05) is 33.0 Å². The Morgan fingerprint density at radius 3 is 2.21 bits per heavy atom. The Bertz CT molecular complexity index is 1640. The second kappa shape index (κ2) is 14.1. The maximum atomic E-state index is 14.5. The summed E-state index contributed by atoms with van der Waals surface area (Å²) in [5, 5.41) is 8.04. The van der Waals surface area contributed by atoms with E-state index < -0.39 is 23.5 Å². The number of amides is 4. The summed E-state index contributed by atoms with van der Waals surface area (Å²) in [7, 11) is 0. The van der Waals surface area contributed by atoms with Gasteiger partial charge >= 0.3 is 0 Å². The van der Waals surface area contributed by atoms with Crippen LogP contribution in [0.5, 0.6) is 0 Å². The second-order valence-electron chi connectivity index (χ2n) is 8.77. The van der Waals surface area contributed by atoms with E-state index in [1.165, 1.54) is 48.2 Å². The number of halogens is 2. The lowest BCUT2D eigenvalue weighted by molar-refractivity contribution is -0.114. The summed E-state index contributed by atoms with van der Waals surface area (Å²) < 4.78 is 14.5. The van der Waals surface area contributed by atoms with Gasteiger partial charge < -0.3 is 21.7 Å². The Morgan fingerprint density at radius 2 is 1.52 bits per heavy atom. The molecule has 0 saturated heterocycles. The molecule has 4 amide bonds. The molecule has 11 heteroatoms. The molecule has 0 spiro atoms. The van der Waals surface area contributed by atoms with Crippen molar-refractivity contribution >= 4 is 64.4 Å². The summed E-state index contributed by atoms with van der Waals surface area (Å²) >= 11 is 7.39. The van der Waals surface area contributed by atoms with E-state index in [0.717, 1.165) is 0 Å². The molecule has 0 bridgehead atoms. The highest BCUT2D eigenvalue weighted by molar-refractivity contribution is 8.00. The first-order valence-electron chi connectivity index (χ1n) is 12.5. The van der Waals surface area contributed by atoms with Gasteiger partial charge in [0.2, 0.25) is 11.8 Å². The molecule has 0 fully saturated rings. The predicted octanol–water partition coefficient (Wildman–Crippen LogP) is 5.72. The topological polar surface area (TPSA) is 130 Å². The summed E-state index contributed by atoms with van der Waals surface area (Å²) in [6.45, 7) is 0. The fourth-order valence-corrected chi connectivity index (χ4v) is 4.63. The number of carbonyl (C=O) groups excluding carboxylic acids is 4. The van der Waals surface area contributed by atoms with Gasteiger partial charge in [-0.25, -0.2) is 4.39 Å². The van der Waals surface area contributed by atoms with Crippen LogP contribution in [0.3, 0.4) is 0 Å². The molecule has 0 saturated carbocycles. The van der Waals surface area contributed by atoms with Crippen molar-refractivity contribution in [2.24, 2.45) is 5.73 Å². The first-order chi connectivity index (χ1) is 20.2.